The van der Waals surface area contributed by atoms with Crippen molar-refractivity contribution < 1.29 is 9.59 Å². The lowest BCUT2D eigenvalue weighted by Gasteiger charge is -2.40. The van der Waals surface area contributed by atoms with Crippen LogP contribution in [0.1, 0.15) is 40.5 Å². The predicted molar refractivity (Wildman–Crippen MR) is 93.0 cm³/mol. The third-order valence-electron chi connectivity index (χ3n) is 5.37. The molecule has 0 spiro atoms. The highest BCUT2D eigenvalue weighted by Crippen LogP contribution is 2.28. The molecule has 0 aromatic carbocycles. The highest BCUT2D eigenvalue weighted by Gasteiger charge is 2.38. The average Bonchev–Trinajstić information content (AvgIpc) is 2.61. The highest BCUT2D eigenvalue weighted by atomic mass is 16.2. The van der Waals surface area contributed by atoms with Crippen LogP contribution in [0.2, 0.25) is 0 Å². The summed E-state index contributed by atoms with van der Waals surface area (Å²) >= 11 is 0. The lowest BCUT2D eigenvalue weighted by Crippen LogP contribution is -2.56. The number of hydrogen-bond acceptors (Lipinski definition) is 4. The highest BCUT2D eigenvalue weighted by molar-refractivity contribution is 5.83. The van der Waals surface area contributed by atoms with Gasteiger partial charge in [-0.3, -0.25) is 14.5 Å². The first-order valence-electron chi connectivity index (χ1n) is 8.97. The van der Waals surface area contributed by atoms with E-state index in [-0.39, 0.29) is 11.8 Å². The van der Waals surface area contributed by atoms with Gasteiger partial charge in [0.1, 0.15) is 0 Å². The fourth-order valence-electron chi connectivity index (χ4n) is 3.16. The Morgan fingerprint density at radius 2 is 1.43 bits per heavy atom. The zero-order chi connectivity index (χ0) is 17.5. The van der Waals surface area contributed by atoms with Crippen LogP contribution in [0.25, 0.3) is 0 Å². The summed E-state index contributed by atoms with van der Waals surface area (Å²) in [6, 6.07) is 0. The van der Waals surface area contributed by atoms with Crippen LogP contribution < -0.4 is 5.73 Å². The smallest absolute Gasteiger partial charge is 0.236 e. The van der Waals surface area contributed by atoms with Crippen LogP contribution in [-0.4, -0.2) is 78.9 Å². The summed E-state index contributed by atoms with van der Waals surface area (Å²) in [4.78, 5) is 31.0. The minimum Gasteiger partial charge on any atom is -0.339 e. The summed E-state index contributed by atoms with van der Waals surface area (Å²) in [7, 11) is 0. The minimum atomic E-state index is -0.437. The van der Waals surface area contributed by atoms with Crippen molar-refractivity contribution in [3.63, 3.8) is 0 Å². The van der Waals surface area contributed by atoms with Crippen molar-refractivity contribution in [2.75, 3.05) is 52.4 Å². The summed E-state index contributed by atoms with van der Waals surface area (Å²) in [6.07, 6.45) is 1.53. The molecule has 0 radical (unpaired) electrons. The maximum Gasteiger partial charge on any atom is 0.236 e. The second kappa shape index (κ2) is 9.23. The molecule has 1 saturated heterocycles. The molecule has 0 aliphatic carbocycles. The molecule has 0 atom stereocenters. The molecular weight excluding hydrogens is 292 g/mol. The molecule has 6 heteroatoms. The fourth-order valence-corrected chi connectivity index (χ4v) is 3.16. The number of carbonyl (C=O) groups excluding carboxylic acids is 2. The molecule has 0 aromatic heterocycles. The fraction of sp³-hybridized carbons (Fsp3) is 0.882. The van der Waals surface area contributed by atoms with Crippen LogP contribution in [0, 0.1) is 5.41 Å². The molecular formula is C17H34N4O2. The largest absolute Gasteiger partial charge is 0.339 e. The number of hydrogen-bond donors (Lipinski definition) is 1. The third-order valence-corrected chi connectivity index (χ3v) is 5.37. The van der Waals surface area contributed by atoms with E-state index in [0.717, 1.165) is 25.9 Å². The molecule has 0 unspecified atom stereocenters. The molecule has 6 nitrogen and oxygen atoms in total. The molecule has 2 N–H and O–H groups in total. The number of likely N-dealkylation sites (N-methyl/N-ethyl adjacent to an activating group) is 1. The Kier molecular flexibility index (Phi) is 7.99. The Morgan fingerprint density at radius 3 is 1.83 bits per heavy atom. The van der Waals surface area contributed by atoms with Gasteiger partial charge in [0, 0.05) is 32.7 Å². The Labute approximate surface area is 141 Å². The summed E-state index contributed by atoms with van der Waals surface area (Å²) in [5.41, 5.74) is 5.44. The zero-order valence-corrected chi connectivity index (χ0v) is 15.3. The number of nitrogens with zero attached hydrogens (tertiary/aromatic N) is 3. The molecule has 1 heterocycles. The quantitative estimate of drug-likeness (QED) is 0.715. The van der Waals surface area contributed by atoms with Gasteiger partial charge in [-0.15, -0.1) is 0 Å². The third kappa shape index (κ3) is 4.67. The Hall–Kier alpha value is -1.14. The zero-order valence-electron chi connectivity index (χ0n) is 15.3. The van der Waals surface area contributed by atoms with Gasteiger partial charge in [0.15, 0.2) is 0 Å². The summed E-state index contributed by atoms with van der Waals surface area (Å²) < 4.78 is 0. The van der Waals surface area contributed by atoms with Crippen molar-refractivity contribution in [1.82, 2.24) is 14.7 Å². The van der Waals surface area contributed by atoms with Crippen molar-refractivity contribution in [3.8, 4) is 0 Å². The van der Waals surface area contributed by atoms with Crippen LogP contribution in [0.5, 0.6) is 0 Å². The first-order chi connectivity index (χ1) is 11.0. The summed E-state index contributed by atoms with van der Waals surface area (Å²) in [5, 5.41) is 0. The standard InChI is InChI=1S/C17H34N4O2/c1-5-17(6-2,14-18)16(23)21-11-9-20(10-12-21)15(22)13-19(7-3)8-4/h5-14,18H2,1-4H3. The average molecular weight is 326 g/mol. The van der Waals surface area contributed by atoms with Crippen LogP contribution in [0.3, 0.4) is 0 Å². The van der Waals surface area contributed by atoms with Crippen molar-refractivity contribution in [2.24, 2.45) is 11.1 Å². The molecule has 0 aromatic rings. The van der Waals surface area contributed by atoms with Crippen LogP contribution in [0.4, 0.5) is 0 Å². The second-order valence-corrected chi connectivity index (χ2v) is 6.33. The van der Waals surface area contributed by atoms with Gasteiger partial charge in [0.05, 0.1) is 12.0 Å². The van der Waals surface area contributed by atoms with Crippen molar-refractivity contribution in [3.05, 3.63) is 0 Å². The predicted octanol–water partition coefficient (Wildman–Crippen LogP) is 0.764. The van der Waals surface area contributed by atoms with E-state index < -0.39 is 5.41 Å². The first kappa shape index (κ1) is 19.9. The number of carbonyl (C=O) groups is 2. The Morgan fingerprint density at radius 1 is 0.957 bits per heavy atom. The molecule has 134 valence electrons. The number of rotatable bonds is 8. The lowest BCUT2D eigenvalue weighted by molar-refractivity contribution is -0.147. The SMILES string of the molecule is CCN(CC)CC(=O)N1CCN(C(=O)C(CC)(CC)CN)CC1. The van der Waals surface area contributed by atoms with Gasteiger partial charge in [-0.1, -0.05) is 27.7 Å². The number of nitrogens with two attached hydrogens (primary N) is 1. The minimum absolute atomic E-state index is 0.154. The molecule has 2 amide bonds. The van der Waals surface area contributed by atoms with Gasteiger partial charge >= 0.3 is 0 Å². The molecule has 23 heavy (non-hydrogen) atoms. The number of amides is 2. The van der Waals surface area contributed by atoms with Gasteiger partial charge in [-0.05, 0) is 25.9 Å². The molecule has 1 rings (SSSR count). The lowest BCUT2D eigenvalue weighted by atomic mass is 9.81. The van der Waals surface area contributed by atoms with E-state index in [1.165, 1.54) is 0 Å². The number of piperazine rings is 1. The first-order valence-corrected chi connectivity index (χ1v) is 8.97. The molecule has 1 fully saturated rings. The monoisotopic (exact) mass is 326 g/mol. The molecule has 0 saturated carbocycles. The van der Waals surface area contributed by atoms with Crippen molar-refractivity contribution in [1.29, 1.82) is 0 Å². The van der Waals surface area contributed by atoms with Gasteiger partial charge in [-0.2, -0.15) is 0 Å². The van der Waals surface area contributed by atoms with E-state index >= 15 is 0 Å². The maximum absolute atomic E-state index is 12.8. The van der Waals surface area contributed by atoms with Gasteiger partial charge in [-0.25, -0.2) is 0 Å². The van der Waals surface area contributed by atoms with E-state index in [9.17, 15) is 9.59 Å². The topological polar surface area (TPSA) is 69.9 Å². The van der Waals surface area contributed by atoms with E-state index in [4.69, 9.17) is 5.73 Å². The Balaban J connectivity index is 2.58. The van der Waals surface area contributed by atoms with Crippen LogP contribution in [-0.2, 0) is 9.59 Å². The van der Waals surface area contributed by atoms with E-state index in [1.54, 1.807) is 0 Å². The van der Waals surface area contributed by atoms with E-state index in [0.29, 0.717) is 39.3 Å². The van der Waals surface area contributed by atoms with Crippen molar-refractivity contribution in [2.45, 2.75) is 40.5 Å². The van der Waals surface area contributed by atoms with Gasteiger partial charge < -0.3 is 15.5 Å². The van der Waals surface area contributed by atoms with E-state index in [2.05, 4.69) is 18.7 Å². The van der Waals surface area contributed by atoms with Gasteiger partial charge in [0.2, 0.25) is 11.8 Å². The summed E-state index contributed by atoms with van der Waals surface area (Å²) in [6.45, 7) is 13.3. The van der Waals surface area contributed by atoms with E-state index in [1.807, 2.05) is 23.6 Å². The Bertz CT molecular complexity index is 376. The normalized spacial score (nSPS) is 16.1. The maximum atomic E-state index is 12.8. The van der Waals surface area contributed by atoms with Crippen LogP contribution >= 0.6 is 0 Å². The molecule has 1 aliphatic rings. The van der Waals surface area contributed by atoms with Crippen LogP contribution in [0.15, 0.2) is 0 Å². The summed E-state index contributed by atoms with van der Waals surface area (Å²) in [5.74, 6) is 0.317. The molecule has 1 aliphatic heterocycles. The second-order valence-electron chi connectivity index (χ2n) is 6.33. The molecule has 0 bridgehead atoms. The van der Waals surface area contributed by atoms with Crippen molar-refractivity contribution >= 4 is 11.8 Å². The van der Waals surface area contributed by atoms with Gasteiger partial charge in [0.25, 0.3) is 0 Å².